The first kappa shape index (κ1) is 17.6. The maximum Gasteiger partial charge on any atom is 0.191 e. The van der Waals surface area contributed by atoms with Crippen LogP contribution in [-0.4, -0.2) is 50.6 Å². The zero-order valence-corrected chi connectivity index (χ0v) is 15.1. The molecule has 4 heteroatoms. The van der Waals surface area contributed by atoms with Gasteiger partial charge in [0.1, 0.15) is 0 Å². The van der Waals surface area contributed by atoms with Gasteiger partial charge in [-0.25, -0.2) is 0 Å². The molecule has 0 atom stereocenters. The van der Waals surface area contributed by atoms with Gasteiger partial charge in [0.05, 0.1) is 0 Å². The van der Waals surface area contributed by atoms with Crippen molar-refractivity contribution >= 4 is 5.96 Å². The van der Waals surface area contributed by atoms with Crippen LogP contribution in [0.4, 0.5) is 0 Å². The molecular weight excluding hydrogens is 272 g/mol. The second-order valence-electron chi connectivity index (χ2n) is 7.70. The first-order chi connectivity index (χ1) is 10.6. The van der Waals surface area contributed by atoms with Gasteiger partial charge in [0.15, 0.2) is 5.96 Å². The molecule has 1 aliphatic heterocycles. The fourth-order valence-corrected chi connectivity index (χ4v) is 3.83. The first-order valence-corrected chi connectivity index (χ1v) is 9.24. The number of aliphatic imine (C=N–C) groups is 1. The second-order valence-corrected chi connectivity index (χ2v) is 7.70. The summed E-state index contributed by atoms with van der Waals surface area (Å²) in [6, 6.07) is 0.610. The van der Waals surface area contributed by atoms with Crippen molar-refractivity contribution in [2.24, 2.45) is 22.7 Å². The van der Waals surface area contributed by atoms with E-state index in [0.717, 1.165) is 30.3 Å². The van der Waals surface area contributed by atoms with Crippen LogP contribution in [-0.2, 0) is 0 Å². The fraction of sp³-hybridized carbons (Fsp3) is 0.944. The first-order valence-electron chi connectivity index (χ1n) is 9.24. The van der Waals surface area contributed by atoms with Crippen LogP contribution in [0, 0.1) is 17.8 Å². The molecule has 1 heterocycles. The quantitative estimate of drug-likeness (QED) is 0.620. The lowest BCUT2D eigenvalue weighted by molar-refractivity contribution is 0.219. The third-order valence-electron chi connectivity index (χ3n) is 5.68. The number of nitrogens with zero attached hydrogens (tertiary/aromatic N) is 2. The molecule has 2 rings (SSSR count). The molecule has 0 spiro atoms. The summed E-state index contributed by atoms with van der Waals surface area (Å²) in [5.74, 6) is 3.56. The molecule has 2 N–H and O–H groups in total. The fourth-order valence-electron chi connectivity index (χ4n) is 3.83. The molecule has 128 valence electrons. The SMILES string of the molecule is CN=C(NCC1CCN(C)CC1)NC1CCC(C(C)C)CC1. The lowest BCUT2D eigenvalue weighted by Gasteiger charge is -2.33. The third-order valence-corrected chi connectivity index (χ3v) is 5.68. The van der Waals surface area contributed by atoms with Crippen molar-refractivity contribution in [2.75, 3.05) is 33.7 Å². The van der Waals surface area contributed by atoms with E-state index in [0.29, 0.717) is 6.04 Å². The van der Waals surface area contributed by atoms with E-state index in [1.54, 1.807) is 0 Å². The summed E-state index contributed by atoms with van der Waals surface area (Å²) in [7, 11) is 4.11. The van der Waals surface area contributed by atoms with Gasteiger partial charge in [0.25, 0.3) is 0 Å². The average Bonchev–Trinajstić information content (AvgIpc) is 2.53. The Morgan fingerprint density at radius 1 is 1.09 bits per heavy atom. The van der Waals surface area contributed by atoms with Crippen LogP contribution in [0.5, 0.6) is 0 Å². The van der Waals surface area contributed by atoms with Gasteiger partial charge in [0.2, 0.25) is 0 Å². The minimum absolute atomic E-state index is 0.610. The minimum Gasteiger partial charge on any atom is -0.356 e. The van der Waals surface area contributed by atoms with Gasteiger partial charge in [0, 0.05) is 19.6 Å². The molecule has 0 aromatic heterocycles. The summed E-state index contributed by atoms with van der Waals surface area (Å²) in [5, 5.41) is 7.20. The molecule has 22 heavy (non-hydrogen) atoms. The van der Waals surface area contributed by atoms with Crippen LogP contribution in [0.2, 0.25) is 0 Å². The number of piperidine rings is 1. The molecule has 0 aromatic carbocycles. The number of likely N-dealkylation sites (tertiary alicyclic amines) is 1. The van der Waals surface area contributed by atoms with Crippen LogP contribution in [0.3, 0.4) is 0 Å². The number of nitrogens with one attached hydrogen (secondary N) is 2. The van der Waals surface area contributed by atoms with Crippen LogP contribution in [0.1, 0.15) is 52.4 Å². The lowest BCUT2D eigenvalue weighted by Crippen LogP contribution is -2.47. The number of hydrogen-bond donors (Lipinski definition) is 2. The Hall–Kier alpha value is -0.770. The molecule has 1 saturated carbocycles. The molecule has 0 radical (unpaired) electrons. The summed E-state index contributed by atoms with van der Waals surface area (Å²) in [6.45, 7) is 8.26. The summed E-state index contributed by atoms with van der Waals surface area (Å²) < 4.78 is 0. The maximum absolute atomic E-state index is 4.42. The Morgan fingerprint density at radius 2 is 1.73 bits per heavy atom. The third kappa shape index (κ3) is 5.45. The standard InChI is InChI=1S/C18H36N4/c1-14(2)16-5-7-17(8-6-16)21-18(19-3)20-13-15-9-11-22(4)12-10-15/h14-17H,5-13H2,1-4H3,(H2,19,20,21). The highest BCUT2D eigenvalue weighted by Gasteiger charge is 2.24. The predicted octanol–water partition coefficient (Wildman–Crippen LogP) is 2.71. The van der Waals surface area contributed by atoms with Crippen LogP contribution in [0.25, 0.3) is 0 Å². The molecule has 2 aliphatic rings. The second kappa shape index (κ2) is 8.76. The highest BCUT2D eigenvalue weighted by Crippen LogP contribution is 2.29. The number of hydrogen-bond acceptors (Lipinski definition) is 2. The zero-order valence-electron chi connectivity index (χ0n) is 15.1. The monoisotopic (exact) mass is 308 g/mol. The predicted molar refractivity (Wildman–Crippen MR) is 95.3 cm³/mol. The van der Waals surface area contributed by atoms with Crippen molar-refractivity contribution < 1.29 is 0 Å². The normalized spacial score (nSPS) is 28.9. The van der Waals surface area contributed by atoms with E-state index < -0.39 is 0 Å². The number of rotatable bonds is 4. The Bertz CT molecular complexity index is 337. The smallest absolute Gasteiger partial charge is 0.191 e. The van der Waals surface area contributed by atoms with Gasteiger partial charge in [-0.15, -0.1) is 0 Å². The molecule has 1 saturated heterocycles. The Labute approximate surface area is 137 Å². The molecular formula is C18H36N4. The minimum atomic E-state index is 0.610. The van der Waals surface area contributed by atoms with Gasteiger partial charge >= 0.3 is 0 Å². The van der Waals surface area contributed by atoms with E-state index in [9.17, 15) is 0 Å². The van der Waals surface area contributed by atoms with Gasteiger partial charge in [-0.05, 0) is 76.4 Å². The van der Waals surface area contributed by atoms with E-state index in [-0.39, 0.29) is 0 Å². The van der Waals surface area contributed by atoms with Gasteiger partial charge in [-0.1, -0.05) is 13.8 Å². The Kier molecular flexibility index (Phi) is 7.00. The van der Waals surface area contributed by atoms with Crippen molar-refractivity contribution in [2.45, 2.75) is 58.4 Å². The lowest BCUT2D eigenvalue weighted by atomic mass is 9.80. The van der Waals surface area contributed by atoms with Crippen LogP contribution in [0.15, 0.2) is 4.99 Å². The zero-order chi connectivity index (χ0) is 15.9. The van der Waals surface area contributed by atoms with Gasteiger partial charge < -0.3 is 15.5 Å². The van der Waals surface area contributed by atoms with Crippen molar-refractivity contribution in [1.29, 1.82) is 0 Å². The largest absolute Gasteiger partial charge is 0.356 e. The molecule has 0 unspecified atom stereocenters. The topological polar surface area (TPSA) is 39.7 Å². The molecule has 0 amide bonds. The van der Waals surface area contributed by atoms with Crippen molar-refractivity contribution in [3.05, 3.63) is 0 Å². The summed E-state index contributed by atoms with van der Waals surface area (Å²) >= 11 is 0. The van der Waals surface area contributed by atoms with E-state index in [2.05, 4.69) is 41.4 Å². The van der Waals surface area contributed by atoms with E-state index in [4.69, 9.17) is 0 Å². The van der Waals surface area contributed by atoms with Crippen molar-refractivity contribution in [1.82, 2.24) is 15.5 Å². The van der Waals surface area contributed by atoms with Crippen LogP contribution >= 0.6 is 0 Å². The Balaban J connectivity index is 1.67. The van der Waals surface area contributed by atoms with E-state index in [1.807, 2.05) is 7.05 Å². The molecule has 0 aromatic rings. The Morgan fingerprint density at radius 3 is 2.27 bits per heavy atom. The summed E-state index contributed by atoms with van der Waals surface area (Å²) in [5.41, 5.74) is 0. The van der Waals surface area contributed by atoms with Gasteiger partial charge in [-0.2, -0.15) is 0 Å². The highest BCUT2D eigenvalue weighted by molar-refractivity contribution is 5.79. The molecule has 4 nitrogen and oxygen atoms in total. The van der Waals surface area contributed by atoms with E-state index in [1.165, 1.54) is 51.6 Å². The number of guanidine groups is 1. The van der Waals surface area contributed by atoms with E-state index >= 15 is 0 Å². The summed E-state index contributed by atoms with van der Waals surface area (Å²) in [4.78, 5) is 6.85. The molecule has 1 aliphatic carbocycles. The maximum atomic E-state index is 4.42. The molecule has 0 bridgehead atoms. The average molecular weight is 309 g/mol. The summed E-state index contributed by atoms with van der Waals surface area (Å²) in [6.07, 6.45) is 7.91. The van der Waals surface area contributed by atoms with Gasteiger partial charge in [-0.3, -0.25) is 4.99 Å². The highest BCUT2D eigenvalue weighted by atomic mass is 15.2. The van der Waals surface area contributed by atoms with Crippen molar-refractivity contribution in [3.8, 4) is 0 Å². The molecule has 2 fully saturated rings. The van der Waals surface area contributed by atoms with Crippen molar-refractivity contribution in [3.63, 3.8) is 0 Å². The van der Waals surface area contributed by atoms with Crippen LogP contribution < -0.4 is 10.6 Å².